The Morgan fingerprint density at radius 3 is 2.56 bits per heavy atom. The topological polar surface area (TPSA) is 43.8 Å². The van der Waals surface area contributed by atoms with Crippen molar-refractivity contribution in [3.8, 4) is 5.69 Å². The molecule has 4 heteroatoms. The van der Waals surface area contributed by atoms with Crippen LogP contribution in [0.3, 0.4) is 0 Å². The van der Waals surface area contributed by atoms with Gasteiger partial charge in [0.05, 0.1) is 11.9 Å². The maximum atomic E-state index is 12.8. The summed E-state index contributed by atoms with van der Waals surface area (Å²) in [7, 11) is 0. The zero-order chi connectivity index (χ0) is 11.5. The van der Waals surface area contributed by atoms with Gasteiger partial charge in [0.1, 0.15) is 5.82 Å². The van der Waals surface area contributed by atoms with E-state index in [0.29, 0.717) is 6.54 Å². The lowest BCUT2D eigenvalue weighted by atomic mass is 10.2. The third-order valence-electron chi connectivity index (χ3n) is 2.58. The summed E-state index contributed by atoms with van der Waals surface area (Å²) in [6.45, 7) is 2.53. The van der Waals surface area contributed by atoms with Crippen LogP contribution in [0.2, 0.25) is 0 Å². The lowest BCUT2D eigenvalue weighted by Crippen LogP contribution is -2.05. The molecule has 2 aromatic rings. The van der Waals surface area contributed by atoms with Crippen LogP contribution in [-0.4, -0.2) is 9.78 Å². The smallest absolute Gasteiger partial charge is 0.123 e. The molecule has 0 radical (unpaired) electrons. The molecule has 0 aliphatic heterocycles. The highest BCUT2D eigenvalue weighted by Crippen LogP contribution is 2.15. The van der Waals surface area contributed by atoms with Crippen LogP contribution < -0.4 is 5.73 Å². The second kappa shape index (κ2) is 4.45. The number of nitrogens with zero attached hydrogens (tertiary/aromatic N) is 2. The standard InChI is InChI=1S/C12H14FN3/c1-2-12-9(7-14)8-15-16(12)11-5-3-10(13)4-6-11/h3-6,8H,2,7,14H2,1H3. The van der Waals surface area contributed by atoms with E-state index < -0.39 is 0 Å². The Labute approximate surface area is 93.7 Å². The van der Waals surface area contributed by atoms with Crippen molar-refractivity contribution < 1.29 is 4.39 Å². The highest BCUT2D eigenvalue weighted by atomic mass is 19.1. The van der Waals surface area contributed by atoms with Crippen LogP contribution in [0.5, 0.6) is 0 Å². The SMILES string of the molecule is CCc1c(CN)cnn1-c1ccc(F)cc1. The Morgan fingerprint density at radius 2 is 2.00 bits per heavy atom. The third kappa shape index (κ3) is 1.84. The first kappa shape index (κ1) is 10.8. The van der Waals surface area contributed by atoms with E-state index in [0.717, 1.165) is 23.4 Å². The summed E-state index contributed by atoms with van der Waals surface area (Å²) in [5.41, 5.74) is 8.60. The molecule has 0 fully saturated rings. The van der Waals surface area contributed by atoms with Crippen molar-refractivity contribution in [2.75, 3.05) is 0 Å². The zero-order valence-electron chi connectivity index (χ0n) is 9.15. The maximum absolute atomic E-state index is 12.8. The average molecular weight is 219 g/mol. The fourth-order valence-corrected chi connectivity index (χ4v) is 1.76. The Bertz CT molecular complexity index is 474. The molecular formula is C12H14FN3. The predicted octanol–water partition coefficient (Wildman–Crippen LogP) is 2.03. The highest BCUT2D eigenvalue weighted by Gasteiger charge is 2.08. The molecule has 0 amide bonds. The lowest BCUT2D eigenvalue weighted by molar-refractivity contribution is 0.626. The molecule has 2 N–H and O–H groups in total. The molecule has 0 saturated heterocycles. The Kier molecular flexibility index (Phi) is 3.01. The first-order chi connectivity index (χ1) is 7.76. The van der Waals surface area contributed by atoms with E-state index in [-0.39, 0.29) is 5.82 Å². The molecule has 0 aliphatic rings. The van der Waals surface area contributed by atoms with Gasteiger partial charge in [-0.1, -0.05) is 6.92 Å². The van der Waals surface area contributed by atoms with E-state index in [2.05, 4.69) is 12.0 Å². The molecule has 1 heterocycles. The molecule has 1 aromatic heterocycles. The number of aromatic nitrogens is 2. The monoisotopic (exact) mass is 219 g/mol. The molecule has 0 atom stereocenters. The van der Waals surface area contributed by atoms with Gasteiger partial charge in [-0.3, -0.25) is 0 Å². The predicted molar refractivity (Wildman–Crippen MR) is 60.8 cm³/mol. The van der Waals surface area contributed by atoms with Crippen molar-refractivity contribution in [1.82, 2.24) is 9.78 Å². The zero-order valence-corrected chi connectivity index (χ0v) is 9.15. The molecule has 16 heavy (non-hydrogen) atoms. The molecule has 0 aliphatic carbocycles. The van der Waals surface area contributed by atoms with Crippen LogP contribution in [0.4, 0.5) is 4.39 Å². The minimum absolute atomic E-state index is 0.243. The first-order valence-corrected chi connectivity index (χ1v) is 5.28. The quantitative estimate of drug-likeness (QED) is 0.858. The number of halogens is 1. The van der Waals surface area contributed by atoms with E-state index >= 15 is 0 Å². The summed E-state index contributed by atoms with van der Waals surface area (Å²) in [4.78, 5) is 0. The van der Waals surface area contributed by atoms with E-state index in [4.69, 9.17) is 5.73 Å². The van der Waals surface area contributed by atoms with Gasteiger partial charge in [-0.25, -0.2) is 9.07 Å². The Morgan fingerprint density at radius 1 is 1.31 bits per heavy atom. The fraction of sp³-hybridized carbons (Fsp3) is 0.250. The average Bonchev–Trinajstić information content (AvgIpc) is 2.72. The van der Waals surface area contributed by atoms with E-state index in [1.807, 2.05) is 4.68 Å². The van der Waals surface area contributed by atoms with Crippen LogP contribution in [0.25, 0.3) is 5.69 Å². The van der Waals surface area contributed by atoms with Crippen molar-refractivity contribution in [3.63, 3.8) is 0 Å². The summed E-state index contributed by atoms with van der Waals surface area (Å²) in [5.74, 6) is -0.243. The lowest BCUT2D eigenvalue weighted by Gasteiger charge is -2.06. The normalized spacial score (nSPS) is 10.7. The largest absolute Gasteiger partial charge is 0.326 e. The van der Waals surface area contributed by atoms with Gasteiger partial charge in [-0.05, 0) is 30.7 Å². The number of nitrogens with two attached hydrogens (primary N) is 1. The van der Waals surface area contributed by atoms with Crippen molar-refractivity contribution in [2.24, 2.45) is 5.73 Å². The van der Waals surface area contributed by atoms with Gasteiger partial charge >= 0.3 is 0 Å². The second-order valence-electron chi connectivity index (χ2n) is 3.56. The van der Waals surface area contributed by atoms with Gasteiger partial charge in [0.2, 0.25) is 0 Å². The van der Waals surface area contributed by atoms with Gasteiger partial charge in [-0.2, -0.15) is 5.10 Å². The Hall–Kier alpha value is -1.68. The van der Waals surface area contributed by atoms with Crippen LogP contribution >= 0.6 is 0 Å². The molecule has 2 rings (SSSR count). The van der Waals surface area contributed by atoms with Crippen molar-refractivity contribution in [1.29, 1.82) is 0 Å². The second-order valence-corrected chi connectivity index (χ2v) is 3.56. The number of hydrogen-bond acceptors (Lipinski definition) is 2. The molecule has 0 unspecified atom stereocenters. The fourth-order valence-electron chi connectivity index (χ4n) is 1.76. The van der Waals surface area contributed by atoms with E-state index in [1.54, 1.807) is 18.3 Å². The van der Waals surface area contributed by atoms with Gasteiger partial charge in [-0.15, -0.1) is 0 Å². The van der Waals surface area contributed by atoms with Gasteiger partial charge in [0.15, 0.2) is 0 Å². The summed E-state index contributed by atoms with van der Waals surface area (Å²) in [5, 5.41) is 4.27. The van der Waals surface area contributed by atoms with E-state index in [1.165, 1.54) is 12.1 Å². The molecule has 0 saturated carbocycles. The van der Waals surface area contributed by atoms with Crippen LogP contribution in [0.15, 0.2) is 30.5 Å². The summed E-state index contributed by atoms with van der Waals surface area (Å²) in [6.07, 6.45) is 2.62. The third-order valence-corrected chi connectivity index (χ3v) is 2.58. The summed E-state index contributed by atoms with van der Waals surface area (Å²) < 4.78 is 14.6. The maximum Gasteiger partial charge on any atom is 0.123 e. The minimum Gasteiger partial charge on any atom is -0.326 e. The summed E-state index contributed by atoms with van der Waals surface area (Å²) in [6, 6.07) is 6.28. The summed E-state index contributed by atoms with van der Waals surface area (Å²) >= 11 is 0. The highest BCUT2D eigenvalue weighted by molar-refractivity contribution is 5.35. The van der Waals surface area contributed by atoms with E-state index in [9.17, 15) is 4.39 Å². The number of rotatable bonds is 3. The van der Waals surface area contributed by atoms with Gasteiger partial charge < -0.3 is 5.73 Å². The van der Waals surface area contributed by atoms with Crippen LogP contribution in [-0.2, 0) is 13.0 Å². The van der Waals surface area contributed by atoms with Gasteiger partial charge in [0.25, 0.3) is 0 Å². The number of hydrogen-bond donors (Lipinski definition) is 1. The first-order valence-electron chi connectivity index (χ1n) is 5.28. The Balaban J connectivity index is 2.47. The van der Waals surface area contributed by atoms with Crippen LogP contribution in [0.1, 0.15) is 18.2 Å². The van der Waals surface area contributed by atoms with Gasteiger partial charge in [0, 0.05) is 17.8 Å². The number of benzene rings is 1. The molecule has 84 valence electrons. The minimum atomic E-state index is -0.243. The van der Waals surface area contributed by atoms with Crippen LogP contribution in [0, 0.1) is 5.82 Å². The van der Waals surface area contributed by atoms with Crippen molar-refractivity contribution in [3.05, 3.63) is 47.5 Å². The molecule has 0 spiro atoms. The molecule has 1 aromatic carbocycles. The van der Waals surface area contributed by atoms with Crippen molar-refractivity contribution in [2.45, 2.75) is 19.9 Å². The molecule has 3 nitrogen and oxygen atoms in total. The molecule has 0 bridgehead atoms. The molecular weight excluding hydrogens is 205 g/mol. The van der Waals surface area contributed by atoms with Crippen molar-refractivity contribution >= 4 is 0 Å².